The molecule has 0 aliphatic carbocycles. The molecule has 158 valence electrons. The number of oxime groups is 1. The second-order valence-corrected chi connectivity index (χ2v) is 7.58. The first-order chi connectivity index (χ1) is 13.9. The Labute approximate surface area is 182 Å². The number of alkyl halides is 3. The summed E-state index contributed by atoms with van der Waals surface area (Å²) in [7, 11) is 0. The highest BCUT2D eigenvalue weighted by Crippen LogP contribution is 2.49. The first-order valence-electron chi connectivity index (χ1n) is 8.12. The summed E-state index contributed by atoms with van der Waals surface area (Å²) < 4.78 is 42.1. The maximum absolute atomic E-state index is 14.0. The van der Waals surface area contributed by atoms with Crippen molar-refractivity contribution in [3.05, 3.63) is 68.2 Å². The summed E-state index contributed by atoms with van der Waals surface area (Å²) >= 11 is 17.8. The van der Waals surface area contributed by atoms with Crippen molar-refractivity contribution in [1.29, 1.82) is 0 Å². The Kier molecular flexibility index (Phi) is 5.90. The molecule has 1 heterocycles. The molecule has 0 aromatic heterocycles. The fourth-order valence-electron chi connectivity index (χ4n) is 2.90. The summed E-state index contributed by atoms with van der Waals surface area (Å²) in [5.74, 6) is -0.859. The van der Waals surface area contributed by atoms with Crippen LogP contribution in [0.15, 0.2) is 41.6 Å². The van der Waals surface area contributed by atoms with Gasteiger partial charge in [0.25, 0.3) is 11.5 Å². The average molecular weight is 481 g/mol. The van der Waals surface area contributed by atoms with Gasteiger partial charge in [-0.2, -0.15) is 13.2 Å². The molecule has 3 amide bonds. The molecule has 12 heteroatoms. The van der Waals surface area contributed by atoms with E-state index in [1.807, 2.05) is 5.32 Å². The monoisotopic (exact) mass is 479 g/mol. The third-order valence-electron chi connectivity index (χ3n) is 4.30. The molecule has 3 N–H and O–H groups in total. The Morgan fingerprint density at radius 3 is 2.27 bits per heavy atom. The van der Waals surface area contributed by atoms with Crippen LogP contribution in [-0.2, 0) is 10.4 Å². The summed E-state index contributed by atoms with van der Waals surface area (Å²) in [5, 5.41) is 5.33. The van der Waals surface area contributed by atoms with Crippen molar-refractivity contribution < 1.29 is 27.6 Å². The maximum Gasteiger partial charge on any atom is 0.435 e. The predicted molar refractivity (Wildman–Crippen MR) is 105 cm³/mol. The van der Waals surface area contributed by atoms with E-state index in [0.29, 0.717) is 0 Å². The van der Waals surface area contributed by atoms with Crippen LogP contribution in [0, 0.1) is 0 Å². The van der Waals surface area contributed by atoms with Crippen LogP contribution < -0.4 is 11.1 Å². The number of nitrogens with one attached hydrogen (secondary N) is 1. The lowest BCUT2D eigenvalue weighted by molar-refractivity contribution is -0.275. The molecule has 0 saturated heterocycles. The number of urea groups is 1. The van der Waals surface area contributed by atoms with Crippen LogP contribution in [0.5, 0.6) is 0 Å². The smallest absolute Gasteiger partial charge is 0.374 e. The minimum Gasteiger partial charge on any atom is -0.374 e. The van der Waals surface area contributed by atoms with Crippen molar-refractivity contribution >= 4 is 52.5 Å². The predicted octanol–water partition coefficient (Wildman–Crippen LogP) is 5.04. The summed E-state index contributed by atoms with van der Waals surface area (Å²) in [6.07, 6.45) is -5.53. The number of nitrogens with zero attached hydrogens (tertiary/aromatic N) is 1. The zero-order valence-corrected chi connectivity index (χ0v) is 17.0. The summed E-state index contributed by atoms with van der Waals surface area (Å²) in [6.45, 7) is 0. The molecule has 3 rings (SSSR count). The van der Waals surface area contributed by atoms with E-state index in [1.54, 1.807) is 0 Å². The second kappa shape index (κ2) is 7.98. The Hall–Kier alpha value is -2.49. The first kappa shape index (κ1) is 22.2. The highest BCUT2D eigenvalue weighted by Gasteiger charge is 2.62. The minimum atomic E-state index is -4.85. The number of amides is 3. The highest BCUT2D eigenvalue weighted by atomic mass is 35.5. The average Bonchev–Trinajstić information content (AvgIpc) is 3.06. The standard InChI is InChI=1S/C18H11Cl3F3N3O3/c19-10-4-9(5-11(20)6-10)17(18(22,23)24)7-14(27-30-17)8-1-2-12(13(21)3-8)15(28)26-16(25)29/h1-6H,7H2,(H3,25,26,28,29). The van der Waals surface area contributed by atoms with Gasteiger partial charge in [-0.1, -0.05) is 46.0 Å². The van der Waals surface area contributed by atoms with Gasteiger partial charge in [-0.3, -0.25) is 10.1 Å². The summed E-state index contributed by atoms with van der Waals surface area (Å²) in [5.41, 5.74) is 1.80. The second-order valence-electron chi connectivity index (χ2n) is 6.30. The molecule has 2 aromatic carbocycles. The van der Waals surface area contributed by atoms with Gasteiger partial charge in [0.1, 0.15) is 0 Å². The van der Waals surface area contributed by atoms with Crippen LogP contribution in [0.2, 0.25) is 15.1 Å². The van der Waals surface area contributed by atoms with Gasteiger partial charge in [-0.15, -0.1) is 0 Å². The quantitative estimate of drug-likeness (QED) is 0.645. The Balaban J connectivity index is 1.96. The van der Waals surface area contributed by atoms with E-state index in [-0.39, 0.29) is 37.5 Å². The van der Waals surface area contributed by atoms with Crippen LogP contribution in [0.4, 0.5) is 18.0 Å². The number of halogens is 6. The number of carbonyl (C=O) groups is 2. The Morgan fingerprint density at radius 1 is 1.10 bits per heavy atom. The van der Waals surface area contributed by atoms with Gasteiger partial charge in [-0.25, -0.2) is 4.79 Å². The van der Waals surface area contributed by atoms with Crippen molar-refractivity contribution in [1.82, 2.24) is 5.32 Å². The van der Waals surface area contributed by atoms with Crippen molar-refractivity contribution in [2.24, 2.45) is 10.9 Å². The maximum atomic E-state index is 14.0. The van der Waals surface area contributed by atoms with Crippen molar-refractivity contribution in [2.45, 2.75) is 18.2 Å². The van der Waals surface area contributed by atoms with Crippen molar-refractivity contribution in [2.75, 3.05) is 0 Å². The van der Waals surface area contributed by atoms with Crippen LogP contribution in [0.3, 0.4) is 0 Å². The van der Waals surface area contributed by atoms with Crippen LogP contribution in [0.1, 0.15) is 27.9 Å². The lowest BCUT2D eigenvalue weighted by Crippen LogP contribution is -2.42. The zero-order valence-electron chi connectivity index (χ0n) is 14.7. The molecule has 6 nitrogen and oxygen atoms in total. The number of hydrogen-bond acceptors (Lipinski definition) is 4. The van der Waals surface area contributed by atoms with Crippen LogP contribution in [0.25, 0.3) is 0 Å². The van der Waals surface area contributed by atoms with Gasteiger partial charge >= 0.3 is 12.2 Å². The fraction of sp³-hybridized carbons (Fsp3) is 0.167. The summed E-state index contributed by atoms with van der Waals surface area (Å²) in [6, 6.07) is 6.20. The van der Waals surface area contributed by atoms with Gasteiger partial charge in [0.15, 0.2) is 0 Å². The van der Waals surface area contributed by atoms with E-state index in [2.05, 4.69) is 5.16 Å². The van der Waals surface area contributed by atoms with E-state index in [0.717, 1.165) is 12.1 Å². The molecule has 1 atom stereocenters. The molecular formula is C18H11Cl3F3N3O3. The van der Waals surface area contributed by atoms with E-state index in [9.17, 15) is 22.8 Å². The third-order valence-corrected chi connectivity index (χ3v) is 5.05. The fourth-order valence-corrected chi connectivity index (χ4v) is 3.70. The third kappa shape index (κ3) is 4.19. The first-order valence-corrected chi connectivity index (χ1v) is 9.25. The SMILES string of the molecule is NC(=O)NC(=O)c1ccc(C2=NOC(c3cc(Cl)cc(Cl)c3)(C(F)(F)F)C2)cc1Cl. The number of rotatable bonds is 3. The van der Waals surface area contributed by atoms with Gasteiger partial charge in [0, 0.05) is 27.6 Å². The molecule has 2 aromatic rings. The van der Waals surface area contributed by atoms with E-state index in [4.69, 9.17) is 45.4 Å². The number of nitrogens with two attached hydrogens (primary N) is 1. The van der Waals surface area contributed by atoms with Crippen LogP contribution in [-0.4, -0.2) is 23.8 Å². The molecule has 1 unspecified atom stereocenters. The number of hydrogen-bond donors (Lipinski definition) is 2. The highest BCUT2D eigenvalue weighted by molar-refractivity contribution is 6.35. The number of carbonyl (C=O) groups excluding carboxylic acids is 2. The van der Waals surface area contributed by atoms with E-state index >= 15 is 0 Å². The zero-order chi connectivity index (χ0) is 22.3. The molecule has 1 aliphatic heterocycles. The molecule has 0 fully saturated rings. The number of imide groups is 1. The van der Waals surface area contributed by atoms with Gasteiger partial charge in [0.05, 0.1) is 16.3 Å². The van der Waals surface area contributed by atoms with Gasteiger partial charge in [0.2, 0.25) is 0 Å². The van der Waals surface area contributed by atoms with Gasteiger partial charge in [-0.05, 0) is 30.3 Å². The van der Waals surface area contributed by atoms with Crippen LogP contribution >= 0.6 is 34.8 Å². The largest absolute Gasteiger partial charge is 0.435 e. The topological polar surface area (TPSA) is 93.8 Å². The molecular weight excluding hydrogens is 470 g/mol. The number of benzene rings is 2. The lowest BCUT2D eigenvalue weighted by Gasteiger charge is -2.29. The molecule has 30 heavy (non-hydrogen) atoms. The summed E-state index contributed by atoms with van der Waals surface area (Å²) in [4.78, 5) is 27.6. The normalized spacial score (nSPS) is 18.5. The molecule has 0 bridgehead atoms. The minimum absolute atomic E-state index is 0.00559. The van der Waals surface area contributed by atoms with Crippen molar-refractivity contribution in [3.8, 4) is 0 Å². The number of primary amides is 1. The molecule has 0 saturated carbocycles. The molecule has 0 radical (unpaired) electrons. The van der Waals surface area contributed by atoms with Gasteiger partial charge < -0.3 is 10.6 Å². The molecule has 1 aliphatic rings. The van der Waals surface area contributed by atoms with Crippen molar-refractivity contribution in [3.63, 3.8) is 0 Å². The van der Waals surface area contributed by atoms with E-state index < -0.39 is 30.1 Å². The Bertz CT molecular complexity index is 1060. The lowest BCUT2D eigenvalue weighted by atomic mass is 9.86. The van der Waals surface area contributed by atoms with E-state index in [1.165, 1.54) is 24.3 Å². The Morgan fingerprint density at radius 2 is 1.73 bits per heavy atom. The molecule has 0 spiro atoms.